The van der Waals surface area contributed by atoms with Crippen LogP contribution >= 0.6 is 0 Å². The Balaban J connectivity index is 1.36. The van der Waals surface area contributed by atoms with E-state index < -0.39 is 109 Å². The normalized spacial score (nSPS) is 16.1. The standard InChI is InChI=1S/C45H29N5/c1-2-13-30(14-3-1)31-25-27-32(28-26-31)33-15-12-16-34(29-33)43-46-44(49-39-21-8-4-17-35(39)36-18-5-9-22-40(36)49)48-45(47-43)50-41-23-10-6-19-37(41)38-20-7-11-24-42(38)50/h1-29H/i4D,5D,6D,7D,8D,9D,10D,11D,17D,18D,19D,20D,21D,22D,23D,24D. The molecule has 3 aromatic heterocycles. The van der Waals surface area contributed by atoms with Crippen molar-refractivity contribution < 1.29 is 21.9 Å². The lowest BCUT2D eigenvalue weighted by Gasteiger charge is -2.13. The molecule has 0 fully saturated rings. The summed E-state index contributed by atoms with van der Waals surface area (Å²) in [7, 11) is 0. The van der Waals surface area contributed by atoms with Gasteiger partial charge in [0.05, 0.1) is 44.0 Å². The summed E-state index contributed by atoms with van der Waals surface area (Å²) in [5.41, 5.74) is 2.57. The van der Waals surface area contributed by atoms with Gasteiger partial charge in [-0.1, -0.05) is 145 Å². The fourth-order valence-electron chi connectivity index (χ4n) is 6.25. The number of fused-ring (bicyclic) bond motifs is 6. The molecule has 0 bridgehead atoms. The Labute approximate surface area is 310 Å². The van der Waals surface area contributed by atoms with Gasteiger partial charge in [0.2, 0.25) is 11.9 Å². The SMILES string of the molecule is [2H]c1c([2H])c([2H])c2c(c1[2H])c1c([2H])c([2H])c([2H])c([2H])c1n2-c1nc(-c2cccc(-c3ccc(-c4ccccc4)cc3)c2)nc(-n2c3c([2H])c([2H])c([2H])c([2H])c3c3c([2H])c([2H])c([2H])c([2H])c32)n1. The molecule has 234 valence electrons. The van der Waals surface area contributed by atoms with Crippen molar-refractivity contribution in [3.05, 3.63) is 176 Å². The van der Waals surface area contributed by atoms with E-state index in [-0.39, 0.29) is 49.4 Å². The predicted octanol–water partition coefficient (Wildman–Crippen LogP) is 11.1. The van der Waals surface area contributed by atoms with Gasteiger partial charge in [0.1, 0.15) is 0 Å². The molecule has 0 aliphatic carbocycles. The summed E-state index contributed by atoms with van der Waals surface area (Å²) in [4.78, 5) is 14.4. The minimum absolute atomic E-state index is 0.133. The van der Waals surface area contributed by atoms with Crippen molar-refractivity contribution in [1.82, 2.24) is 24.1 Å². The van der Waals surface area contributed by atoms with Gasteiger partial charge in [-0.15, -0.1) is 0 Å². The van der Waals surface area contributed by atoms with Crippen LogP contribution in [0.5, 0.6) is 0 Å². The molecule has 0 unspecified atom stereocenters. The molecule has 0 amide bonds. The second-order valence-electron chi connectivity index (χ2n) is 11.3. The number of hydrogen-bond donors (Lipinski definition) is 0. The lowest BCUT2D eigenvalue weighted by Crippen LogP contribution is -2.10. The Hall–Kier alpha value is -6.85. The molecule has 5 nitrogen and oxygen atoms in total. The van der Waals surface area contributed by atoms with E-state index in [1.807, 2.05) is 60.7 Å². The zero-order chi connectivity index (χ0) is 46.9. The average molecular weight is 656 g/mol. The monoisotopic (exact) mass is 655 g/mol. The van der Waals surface area contributed by atoms with E-state index >= 15 is 0 Å². The molecule has 0 radical (unpaired) electrons. The molecular formula is C45H29N5. The predicted molar refractivity (Wildman–Crippen MR) is 205 cm³/mol. The smallest absolute Gasteiger partial charge is 0.240 e. The van der Waals surface area contributed by atoms with Crippen LogP contribution in [0.15, 0.2) is 176 Å². The molecule has 7 aromatic carbocycles. The van der Waals surface area contributed by atoms with Crippen LogP contribution in [-0.4, -0.2) is 24.1 Å². The van der Waals surface area contributed by atoms with E-state index in [1.165, 1.54) is 0 Å². The minimum atomic E-state index is -0.693. The zero-order valence-electron chi connectivity index (χ0n) is 41.7. The number of hydrogen-bond acceptors (Lipinski definition) is 3. The first-order valence-corrected chi connectivity index (χ1v) is 15.5. The largest absolute Gasteiger partial charge is 0.278 e. The van der Waals surface area contributed by atoms with Crippen LogP contribution in [0.4, 0.5) is 0 Å². The number of para-hydroxylation sites is 4. The summed E-state index contributed by atoms with van der Waals surface area (Å²) in [6.07, 6.45) is 0. The Kier molecular flexibility index (Phi) is 3.76. The fourth-order valence-corrected chi connectivity index (χ4v) is 6.25. The second kappa shape index (κ2) is 11.4. The van der Waals surface area contributed by atoms with Crippen LogP contribution in [0, 0.1) is 0 Å². The second-order valence-corrected chi connectivity index (χ2v) is 11.3. The van der Waals surface area contributed by atoms with Crippen molar-refractivity contribution in [1.29, 1.82) is 0 Å². The first-order chi connectivity index (χ1) is 31.4. The summed E-state index contributed by atoms with van der Waals surface area (Å²) in [5.74, 6) is -1.05. The third kappa shape index (κ3) is 4.52. The highest BCUT2D eigenvalue weighted by Gasteiger charge is 2.20. The summed E-state index contributed by atoms with van der Waals surface area (Å²) in [5, 5.41) is -1.03. The maximum absolute atomic E-state index is 9.13. The summed E-state index contributed by atoms with van der Waals surface area (Å²) < 4.78 is 143. The molecule has 10 aromatic rings. The Bertz CT molecular complexity index is 3440. The van der Waals surface area contributed by atoms with Gasteiger partial charge in [-0.3, -0.25) is 9.13 Å². The van der Waals surface area contributed by atoms with Gasteiger partial charge in [0, 0.05) is 27.1 Å². The van der Waals surface area contributed by atoms with Crippen LogP contribution < -0.4 is 0 Å². The lowest BCUT2D eigenvalue weighted by molar-refractivity contribution is 0.893. The third-order valence-corrected chi connectivity index (χ3v) is 8.52. The Morgan fingerprint density at radius 2 is 0.740 bits per heavy atom. The maximum atomic E-state index is 9.13. The zero-order valence-corrected chi connectivity index (χ0v) is 25.7. The average Bonchev–Trinajstić information content (AvgIpc) is 3.90. The third-order valence-electron chi connectivity index (χ3n) is 8.52. The van der Waals surface area contributed by atoms with Gasteiger partial charge in [-0.2, -0.15) is 15.0 Å². The van der Waals surface area contributed by atoms with Crippen molar-refractivity contribution in [2.24, 2.45) is 0 Å². The van der Waals surface area contributed by atoms with Crippen LogP contribution in [0.3, 0.4) is 0 Å². The van der Waals surface area contributed by atoms with Crippen LogP contribution in [0.25, 0.3) is 89.2 Å². The quantitative estimate of drug-likeness (QED) is 0.185. The van der Waals surface area contributed by atoms with Gasteiger partial charge in [0.15, 0.2) is 5.82 Å². The van der Waals surface area contributed by atoms with Crippen molar-refractivity contribution in [3.8, 4) is 45.5 Å². The minimum Gasteiger partial charge on any atom is -0.278 e. The number of benzene rings is 7. The molecule has 0 saturated heterocycles. The lowest BCUT2D eigenvalue weighted by atomic mass is 9.99. The molecule has 0 spiro atoms. The van der Waals surface area contributed by atoms with Crippen molar-refractivity contribution >= 4 is 43.6 Å². The van der Waals surface area contributed by atoms with E-state index in [0.29, 0.717) is 11.1 Å². The van der Waals surface area contributed by atoms with Gasteiger partial charge < -0.3 is 0 Å². The number of aromatic nitrogens is 5. The highest BCUT2D eigenvalue weighted by molar-refractivity contribution is 6.10. The first kappa shape index (κ1) is 16.5. The highest BCUT2D eigenvalue weighted by atomic mass is 15.3. The maximum Gasteiger partial charge on any atom is 0.240 e. The first-order valence-electron chi connectivity index (χ1n) is 23.5. The molecular weight excluding hydrogens is 611 g/mol. The van der Waals surface area contributed by atoms with E-state index in [2.05, 4.69) is 0 Å². The summed E-state index contributed by atoms with van der Waals surface area (Å²) >= 11 is 0. The van der Waals surface area contributed by atoms with Crippen molar-refractivity contribution in [2.45, 2.75) is 0 Å². The summed E-state index contributed by atoms with van der Waals surface area (Å²) in [6.45, 7) is 0. The topological polar surface area (TPSA) is 48.5 Å². The van der Waals surface area contributed by atoms with Crippen molar-refractivity contribution in [2.75, 3.05) is 0 Å². The van der Waals surface area contributed by atoms with E-state index in [4.69, 9.17) is 36.9 Å². The Morgan fingerprint density at radius 1 is 0.360 bits per heavy atom. The van der Waals surface area contributed by atoms with Crippen LogP contribution in [0.1, 0.15) is 21.9 Å². The van der Waals surface area contributed by atoms with E-state index in [9.17, 15) is 0 Å². The van der Waals surface area contributed by atoms with Gasteiger partial charge in [0.25, 0.3) is 0 Å². The molecule has 0 saturated carbocycles. The van der Waals surface area contributed by atoms with Crippen LogP contribution in [-0.2, 0) is 0 Å². The number of rotatable bonds is 5. The fraction of sp³-hybridized carbons (Fsp3) is 0. The van der Waals surface area contributed by atoms with Crippen molar-refractivity contribution in [3.63, 3.8) is 0 Å². The van der Waals surface area contributed by atoms with E-state index in [1.54, 1.807) is 18.2 Å². The summed E-state index contributed by atoms with van der Waals surface area (Å²) in [6, 6.07) is 14.2. The molecule has 10 rings (SSSR count). The molecule has 50 heavy (non-hydrogen) atoms. The molecule has 0 aliphatic rings. The van der Waals surface area contributed by atoms with Gasteiger partial charge in [-0.05, 0) is 52.5 Å². The number of nitrogens with zero attached hydrogens (tertiary/aromatic N) is 5. The van der Waals surface area contributed by atoms with Crippen LogP contribution in [0.2, 0.25) is 0 Å². The molecule has 0 atom stereocenters. The highest BCUT2D eigenvalue weighted by Crippen LogP contribution is 2.35. The van der Waals surface area contributed by atoms with E-state index in [0.717, 1.165) is 25.8 Å². The molecule has 5 heteroatoms. The molecule has 3 heterocycles. The molecule has 0 N–H and O–H groups in total. The van der Waals surface area contributed by atoms with Gasteiger partial charge >= 0.3 is 0 Å². The Morgan fingerprint density at radius 3 is 1.22 bits per heavy atom. The van der Waals surface area contributed by atoms with Gasteiger partial charge in [-0.25, -0.2) is 0 Å². The molecule has 0 aliphatic heterocycles.